The van der Waals surface area contributed by atoms with Gasteiger partial charge in [-0.15, -0.1) is 0 Å². The van der Waals surface area contributed by atoms with Gasteiger partial charge < -0.3 is 0 Å². The summed E-state index contributed by atoms with van der Waals surface area (Å²) in [6, 6.07) is 15.7. The summed E-state index contributed by atoms with van der Waals surface area (Å²) in [6.07, 6.45) is 15.2. The van der Waals surface area contributed by atoms with E-state index in [1.807, 2.05) is 0 Å². The van der Waals surface area contributed by atoms with Gasteiger partial charge in [-0.3, -0.25) is 0 Å². The summed E-state index contributed by atoms with van der Waals surface area (Å²) in [5.74, 6) is 5.57. The Morgan fingerprint density at radius 2 is 1.34 bits per heavy atom. The Balaban J connectivity index is 1.42. The molecule has 0 spiro atoms. The van der Waals surface area contributed by atoms with Gasteiger partial charge in [0.2, 0.25) is 0 Å². The quantitative estimate of drug-likeness (QED) is 0.196. The van der Waals surface area contributed by atoms with Gasteiger partial charge in [0.25, 0.3) is 5.76 Å². The Bertz CT molecular complexity index is 837. The number of alkyl halides is 2. The SMILES string of the molecule is CCCCCCCCC1CCC(c2ccc(C#Cc3ccc(SC(F)F)cc3)cc2)CC1. The fraction of sp³-hybridized carbons (Fsp3) is 0.517. The summed E-state index contributed by atoms with van der Waals surface area (Å²) in [5.41, 5.74) is 3.29. The molecule has 32 heavy (non-hydrogen) atoms. The van der Waals surface area contributed by atoms with Crippen molar-refractivity contribution >= 4 is 11.8 Å². The summed E-state index contributed by atoms with van der Waals surface area (Å²) in [4.78, 5) is 0.566. The van der Waals surface area contributed by atoms with Crippen LogP contribution in [0.1, 0.15) is 100 Å². The van der Waals surface area contributed by atoms with E-state index in [4.69, 9.17) is 0 Å². The summed E-state index contributed by atoms with van der Waals surface area (Å²) in [7, 11) is 0. The molecule has 0 N–H and O–H groups in total. The highest BCUT2D eigenvalue weighted by atomic mass is 32.2. The average molecular weight is 455 g/mol. The van der Waals surface area contributed by atoms with E-state index in [0.29, 0.717) is 22.6 Å². The maximum Gasteiger partial charge on any atom is 0.288 e. The molecule has 172 valence electrons. The zero-order chi connectivity index (χ0) is 22.6. The summed E-state index contributed by atoms with van der Waals surface area (Å²) in [5, 5.41) is 0. The van der Waals surface area contributed by atoms with Crippen molar-refractivity contribution in [1.29, 1.82) is 0 Å². The number of hydrogen-bond acceptors (Lipinski definition) is 1. The van der Waals surface area contributed by atoms with Gasteiger partial charge in [0, 0.05) is 16.0 Å². The number of rotatable bonds is 10. The first-order valence-corrected chi connectivity index (χ1v) is 13.2. The van der Waals surface area contributed by atoms with Gasteiger partial charge in [0.05, 0.1) is 0 Å². The number of halogens is 2. The van der Waals surface area contributed by atoms with Crippen LogP contribution < -0.4 is 0 Å². The van der Waals surface area contributed by atoms with Crippen molar-refractivity contribution in [3.63, 3.8) is 0 Å². The van der Waals surface area contributed by atoms with E-state index in [-0.39, 0.29) is 0 Å². The van der Waals surface area contributed by atoms with Crippen LogP contribution in [0, 0.1) is 17.8 Å². The van der Waals surface area contributed by atoms with Crippen molar-refractivity contribution in [1.82, 2.24) is 0 Å². The van der Waals surface area contributed by atoms with E-state index in [2.05, 4.69) is 43.0 Å². The van der Waals surface area contributed by atoms with Gasteiger partial charge >= 0.3 is 0 Å². The van der Waals surface area contributed by atoms with Gasteiger partial charge in [-0.05, 0) is 79.5 Å². The Hall–Kier alpha value is -1.79. The zero-order valence-electron chi connectivity index (χ0n) is 19.3. The van der Waals surface area contributed by atoms with E-state index in [0.717, 1.165) is 17.0 Å². The van der Waals surface area contributed by atoms with Gasteiger partial charge in [0.15, 0.2) is 0 Å². The lowest BCUT2D eigenvalue weighted by Crippen LogP contribution is -2.13. The first-order chi connectivity index (χ1) is 15.6. The molecule has 0 aromatic heterocycles. The Morgan fingerprint density at radius 3 is 1.94 bits per heavy atom. The second kappa shape index (κ2) is 13.7. The predicted molar refractivity (Wildman–Crippen MR) is 133 cm³/mol. The molecule has 0 atom stereocenters. The van der Waals surface area contributed by atoms with Crippen molar-refractivity contribution in [2.45, 2.75) is 94.1 Å². The van der Waals surface area contributed by atoms with E-state index >= 15 is 0 Å². The first kappa shape index (κ1) is 24.8. The molecule has 0 amide bonds. The van der Waals surface area contributed by atoms with Crippen LogP contribution in [0.15, 0.2) is 53.4 Å². The van der Waals surface area contributed by atoms with E-state index in [1.54, 1.807) is 24.3 Å². The van der Waals surface area contributed by atoms with Crippen LogP contribution in [0.4, 0.5) is 8.78 Å². The molecular weight excluding hydrogens is 418 g/mol. The standard InChI is InChI=1S/C29H36F2S/c1-2-3-4-5-6-7-8-23-11-17-26(18-12-23)27-19-13-24(14-20-27)9-10-25-15-21-28(22-16-25)32-29(30)31/h13-16,19-23,26,29H,2-8,11-12,17-18H2,1H3. The molecule has 0 radical (unpaired) electrons. The van der Waals surface area contributed by atoms with E-state index in [9.17, 15) is 8.78 Å². The Labute approximate surface area is 197 Å². The Morgan fingerprint density at radius 1 is 0.781 bits per heavy atom. The summed E-state index contributed by atoms with van der Waals surface area (Å²) >= 11 is 0.562. The van der Waals surface area contributed by atoms with Crippen molar-refractivity contribution in [2.75, 3.05) is 0 Å². The molecular formula is C29H36F2S. The van der Waals surface area contributed by atoms with Crippen LogP contribution in [0.5, 0.6) is 0 Å². The fourth-order valence-corrected chi connectivity index (χ4v) is 5.20. The lowest BCUT2D eigenvalue weighted by molar-refractivity contribution is 0.252. The minimum Gasteiger partial charge on any atom is -0.198 e. The van der Waals surface area contributed by atoms with Crippen molar-refractivity contribution in [3.05, 3.63) is 65.2 Å². The maximum atomic E-state index is 12.4. The highest BCUT2D eigenvalue weighted by Crippen LogP contribution is 2.37. The number of unbranched alkanes of at least 4 members (excludes halogenated alkanes) is 5. The summed E-state index contributed by atoms with van der Waals surface area (Å²) in [6.45, 7) is 2.28. The number of benzene rings is 2. The van der Waals surface area contributed by atoms with Crippen LogP contribution in [-0.4, -0.2) is 5.76 Å². The predicted octanol–water partition coefficient (Wildman–Crippen LogP) is 9.43. The van der Waals surface area contributed by atoms with Crippen molar-refractivity contribution < 1.29 is 8.78 Å². The van der Waals surface area contributed by atoms with E-state index in [1.165, 1.54) is 76.2 Å². The van der Waals surface area contributed by atoms with Crippen molar-refractivity contribution in [2.24, 2.45) is 5.92 Å². The largest absolute Gasteiger partial charge is 0.288 e. The molecule has 2 aromatic carbocycles. The third-order valence-corrected chi connectivity index (χ3v) is 7.35. The van der Waals surface area contributed by atoms with Gasteiger partial charge in [-0.25, -0.2) is 0 Å². The third-order valence-electron chi connectivity index (χ3n) is 6.63. The zero-order valence-corrected chi connectivity index (χ0v) is 20.1. The molecule has 0 heterocycles. The molecule has 0 nitrogen and oxygen atoms in total. The van der Waals surface area contributed by atoms with Crippen LogP contribution in [-0.2, 0) is 0 Å². The molecule has 0 saturated heterocycles. The molecule has 1 saturated carbocycles. The van der Waals surface area contributed by atoms with Crippen LogP contribution >= 0.6 is 11.8 Å². The topological polar surface area (TPSA) is 0 Å². The van der Waals surface area contributed by atoms with Crippen LogP contribution in [0.3, 0.4) is 0 Å². The maximum absolute atomic E-state index is 12.4. The lowest BCUT2D eigenvalue weighted by atomic mass is 9.77. The van der Waals surface area contributed by atoms with Crippen LogP contribution in [0.25, 0.3) is 0 Å². The smallest absolute Gasteiger partial charge is 0.198 e. The lowest BCUT2D eigenvalue weighted by Gasteiger charge is -2.29. The second-order valence-corrected chi connectivity index (χ2v) is 10.1. The molecule has 0 unspecified atom stereocenters. The number of hydrogen-bond donors (Lipinski definition) is 0. The highest BCUT2D eigenvalue weighted by Gasteiger charge is 2.21. The monoisotopic (exact) mass is 454 g/mol. The molecule has 0 aliphatic heterocycles. The molecule has 1 aliphatic carbocycles. The van der Waals surface area contributed by atoms with Gasteiger partial charge in [-0.2, -0.15) is 8.78 Å². The van der Waals surface area contributed by atoms with Crippen molar-refractivity contribution in [3.8, 4) is 11.8 Å². The fourth-order valence-electron chi connectivity index (χ4n) is 4.70. The molecule has 2 aromatic rings. The molecule has 3 heteroatoms. The summed E-state index contributed by atoms with van der Waals surface area (Å²) < 4.78 is 24.8. The average Bonchev–Trinajstić information content (AvgIpc) is 2.81. The highest BCUT2D eigenvalue weighted by molar-refractivity contribution is 7.99. The third kappa shape index (κ3) is 8.62. The van der Waals surface area contributed by atoms with Crippen LogP contribution in [0.2, 0.25) is 0 Å². The molecule has 1 fully saturated rings. The normalized spacial score (nSPS) is 18.4. The molecule has 0 bridgehead atoms. The minimum atomic E-state index is -2.39. The molecule has 3 rings (SSSR count). The minimum absolute atomic E-state index is 0.562. The Kier molecular flexibility index (Phi) is 10.6. The van der Waals surface area contributed by atoms with E-state index < -0.39 is 5.76 Å². The molecule has 1 aliphatic rings. The first-order valence-electron chi connectivity index (χ1n) is 12.3. The van der Waals surface area contributed by atoms with Gasteiger partial charge in [0.1, 0.15) is 0 Å². The number of thioether (sulfide) groups is 1. The second-order valence-electron chi connectivity index (χ2n) is 9.05. The van der Waals surface area contributed by atoms with Gasteiger partial charge in [-0.1, -0.05) is 87.6 Å².